The van der Waals surface area contributed by atoms with Crippen LogP contribution in [0.15, 0.2) is 0 Å². The number of rotatable bonds is 10. The van der Waals surface area contributed by atoms with Gasteiger partial charge in [0.05, 0.1) is 0 Å². The highest BCUT2D eigenvalue weighted by Gasteiger charge is 2.38. The number of hydrogen-bond donors (Lipinski definition) is 0. The predicted octanol–water partition coefficient (Wildman–Crippen LogP) is 10.2. The lowest BCUT2D eigenvalue weighted by molar-refractivity contribution is 0.0470. The first-order chi connectivity index (χ1) is 13.2. The Labute approximate surface area is 181 Å². The van der Waals surface area contributed by atoms with Crippen LogP contribution in [0, 0.1) is 40.9 Å². The molecule has 0 amide bonds. The first kappa shape index (κ1) is 28.0. The van der Waals surface area contributed by atoms with E-state index in [1.54, 1.807) is 0 Å². The molecule has 1 aliphatic carbocycles. The van der Waals surface area contributed by atoms with Crippen molar-refractivity contribution >= 4 is 0 Å². The molecule has 1 saturated carbocycles. The van der Waals surface area contributed by atoms with Crippen molar-refractivity contribution in [3.8, 4) is 0 Å². The summed E-state index contributed by atoms with van der Waals surface area (Å²) in [4.78, 5) is 0. The van der Waals surface area contributed by atoms with E-state index >= 15 is 0 Å². The quantitative estimate of drug-likeness (QED) is 0.323. The standard InChI is InChI=1S/C26H52.C2H6/c1-20(2)14-10-9-11-15-21(3)16-12-18-26(8)19-13-17-22(4)23(5)24(6)25(26)7;1-2/h20-25H,9-19H2,1-8H3;1-2H3. The fourth-order valence-electron chi connectivity index (χ4n) is 5.50. The van der Waals surface area contributed by atoms with Crippen LogP contribution in [0.2, 0.25) is 0 Å². The molecular weight excluding hydrogens is 336 g/mol. The van der Waals surface area contributed by atoms with Gasteiger partial charge < -0.3 is 0 Å². The van der Waals surface area contributed by atoms with Crippen molar-refractivity contribution in [2.75, 3.05) is 0 Å². The molecule has 6 unspecified atom stereocenters. The highest BCUT2D eigenvalue weighted by atomic mass is 14.4. The molecule has 1 rings (SSSR count). The lowest BCUT2D eigenvalue weighted by Crippen LogP contribution is -2.36. The van der Waals surface area contributed by atoms with Gasteiger partial charge in [-0.1, -0.05) is 127 Å². The van der Waals surface area contributed by atoms with Crippen LogP contribution in [0.4, 0.5) is 0 Å². The molecule has 1 aliphatic rings. The molecule has 0 aromatic carbocycles. The molecule has 28 heavy (non-hydrogen) atoms. The van der Waals surface area contributed by atoms with E-state index in [0.29, 0.717) is 5.41 Å². The highest BCUT2D eigenvalue weighted by Crippen LogP contribution is 2.47. The normalized spacial score (nSPS) is 32.2. The van der Waals surface area contributed by atoms with E-state index in [2.05, 4.69) is 55.4 Å². The lowest BCUT2D eigenvalue weighted by atomic mass is 9.60. The van der Waals surface area contributed by atoms with Crippen molar-refractivity contribution in [3.05, 3.63) is 0 Å². The van der Waals surface area contributed by atoms with E-state index in [0.717, 1.165) is 35.5 Å². The molecule has 0 radical (unpaired) electrons. The molecule has 0 saturated heterocycles. The Balaban J connectivity index is 0.00000352. The van der Waals surface area contributed by atoms with Gasteiger partial charge in [0.25, 0.3) is 0 Å². The third-order valence-electron chi connectivity index (χ3n) is 8.45. The van der Waals surface area contributed by atoms with Gasteiger partial charge in [-0.2, -0.15) is 0 Å². The molecule has 0 nitrogen and oxygen atoms in total. The third-order valence-corrected chi connectivity index (χ3v) is 8.45. The Kier molecular flexibility index (Phi) is 14.9. The Morgan fingerprint density at radius 2 is 1.36 bits per heavy atom. The van der Waals surface area contributed by atoms with Crippen molar-refractivity contribution < 1.29 is 0 Å². The summed E-state index contributed by atoms with van der Waals surface area (Å²) in [6, 6.07) is 0. The molecule has 0 spiro atoms. The summed E-state index contributed by atoms with van der Waals surface area (Å²) in [6.45, 7) is 23.9. The molecule has 0 heteroatoms. The van der Waals surface area contributed by atoms with Gasteiger partial charge in [0, 0.05) is 0 Å². The maximum atomic E-state index is 2.62. The fraction of sp³-hybridized carbons (Fsp3) is 1.00. The first-order valence-electron chi connectivity index (χ1n) is 13.2. The van der Waals surface area contributed by atoms with E-state index in [1.165, 1.54) is 70.6 Å². The average molecular weight is 395 g/mol. The molecule has 0 heterocycles. The Morgan fingerprint density at radius 3 is 1.96 bits per heavy atom. The van der Waals surface area contributed by atoms with Crippen molar-refractivity contribution in [1.29, 1.82) is 0 Å². The van der Waals surface area contributed by atoms with Crippen LogP contribution in [0.5, 0.6) is 0 Å². The maximum Gasteiger partial charge on any atom is -0.0298 e. The zero-order valence-corrected chi connectivity index (χ0v) is 21.7. The molecule has 0 aromatic heterocycles. The van der Waals surface area contributed by atoms with Gasteiger partial charge in [0.1, 0.15) is 0 Å². The largest absolute Gasteiger partial charge is 0.0683 e. The Morgan fingerprint density at radius 1 is 0.786 bits per heavy atom. The molecule has 0 aromatic rings. The molecule has 6 atom stereocenters. The monoisotopic (exact) mass is 394 g/mol. The SMILES string of the molecule is CC.CC(C)CCCCCC(C)CCCC1(C)CCCC(C)C(C)C(C)C1C. The van der Waals surface area contributed by atoms with Crippen LogP contribution in [0.1, 0.15) is 140 Å². The summed E-state index contributed by atoms with van der Waals surface area (Å²) >= 11 is 0. The van der Waals surface area contributed by atoms with Gasteiger partial charge >= 0.3 is 0 Å². The van der Waals surface area contributed by atoms with Crippen LogP contribution in [0.3, 0.4) is 0 Å². The van der Waals surface area contributed by atoms with Gasteiger partial charge in [-0.15, -0.1) is 0 Å². The second kappa shape index (κ2) is 14.9. The Bertz CT molecular complexity index is 357. The van der Waals surface area contributed by atoms with Crippen LogP contribution in [0.25, 0.3) is 0 Å². The smallest absolute Gasteiger partial charge is 0.0298 e. The molecule has 0 bridgehead atoms. The fourth-order valence-corrected chi connectivity index (χ4v) is 5.50. The second-order valence-corrected chi connectivity index (χ2v) is 11.1. The van der Waals surface area contributed by atoms with E-state index < -0.39 is 0 Å². The maximum absolute atomic E-state index is 2.62. The topological polar surface area (TPSA) is 0 Å². The predicted molar refractivity (Wildman–Crippen MR) is 131 cm³/mol. The van der Waals surface area contributed by atoms with Crippen LogP contribution in [-0.2, 0) is 0 Å². The molecule has 0 aliphatic heterocycles. The van der Waals surface area contributed by atoms with Crippen molar-refractivity contribution in [2.45, 2.75) is 140 Å². The minimum absolute atomic E-state index is 0.574. The van der Waals surface area contributed by atoms with E-state index in [4.69, 9.17) is 0 Å². The Hall–Kier alpha value is 0. The van der Waals surface area contributed by atoms with Crippen LogP contribution < -0.4 is 0 Å². The van der Waals surface area contributed by atoms with Gasteiger partial charge in [0.2, 0.25) is 0 Å². The van der Waals surface area contributed by atoms with Crippen molar-refractivity contribution in [2.24, 2.45) is 40.9 Å². The summed E-state index contributed by atoms with van der Waals surface area (Å²) in [5.41, 5.74) is 0.574. The highest BCUT2D eigenvalue weighted by molar-refractivity contribution is 4.88. The molecule has 1 fully saturated rings. The van der Waals surface area contributed by atoms with E-state index in [-0.39, 0.29) is 0 Å². The number of unbranched alkanes of at least 4 members (excludes halogenated alkanes) is 2. The first-order valence-corrected chi connectivity index (χ1v) is 13.2. The summed E-state index contributed by atoms with van der Waals surface area (Å²) in [5, 5.41) is 0. The summed E-state index contributed by atoms with van der Waals surface area (Å²) in [7, 11) is 0. The van der Waals surface area contributed by atoms with Gasteiger partial charge in [-0.3, -0.25) is 0 Å². The van der Waals surface area contributed by atoms with E-state index in [9.17, 15) is 0 Å². The molecular formula is C28H58. The van der Waals surface area contributed by atoms with Gasteiger partial charge in [-0.25, -0.2) is 0 Å². The lowest BCUT2D eigenvalue weighted by Gasteiger charge is -2.45. The zero-order chi connectivity index (χ0) is 21.7. The van der Waals surface area contributed by atoms with Crippen molar-refractivity contribution in [3.63, 3.8) is 0 Å². The van der Waals surface area contributed by atoms with Crippen molar-refractivity contribution in [1.82, 2.24) is 0 Å². The van der Waals surface area contributed by atoms with Crippen LogP contribution >= 0.6 is 0 Å². The minimum Gasteiger partial charge on any atom is -0.0683 e. The summed E-state index contributed by atoms with van der Waals surface area (Å²) in [5.74, 6) is 5.34. The average Bonchev–Trinajstić information content (AvgIpc) is 2.66. The van der Waals surface area contributed by atoms with Gasteiger partial charge in [-0.05, 0) is 53.8 Å². The number of hydrogen-bond acceptors (Lipinski definition) is 0. The minimum atomic E-state index is 0.574. The molecule has 0 N–H and O–H groups in total. The summed E-state index contributed by atoms with van der Waals surface area (Å²) in [6.07, 6.45) is 15.9. The zero-order valence-electron chi connectivity index (χ0n) is 21.7. The van der Waals surface area contributed by atoms with Crippen LogP contribution in [-0.4, -0.2) is 0 Å². The third kappa shape index (κ3) is 10.2. The van der Waals surface area contributed by atoms with Gasteiger partial charge in [0.15, 0.2) is 0 Å². The second-order valence-electron chi connectivity index (χ2n) is 11.1. The summed E-state index contributed by atoms with van der Waals surface area (Å²) < 4.78 is 0. The molecule has 170 valence electrons. The van der Waals surface area contributed by atoms with E-state index in [1.807, 2.05) is 13.8 Å².